The fourth-order valence-corrected chi connectivity index (χ4v) is 4.10. The highest BCUT2D eigenvalue weighted by molar-refractivity contribution is 7.09. The molecule has 0 N–H and O–H groups in total. The van der Waals surface area contributed by atoms with Gasteiger partial charge in [-0.3, -0.25) is 9.69 Å². The molecule has 1 saturated heterocycles. The fraction of sp³-hybridized carbons (Fsp3) is 0.438. The molecule has 112 valence electrons. The first-order valence-corrected chi connectivity index (χ1v) is 9.17. The quantitative estimate of drug-likeness (QED) is 0.864. The molecule has 0 spiro atoms. The zero-order valence-electron chi connectivity index (χ0n) is 12.0. The Morgan fingerprint density at radius 1 is 1.14 bits per heavy atom. The Morgan fingerprint density at radius 3 is 2.86 bits per heavy atom. The molecular formula is C16H20N2OS2. The number of amides is 1. The van der Waals surface area contributed by atoms with Crippen LogP contribution in [0, 0.1) is 0 Å². The van der Waals surface area contributed by atoms with Crippen molar-refractivity contribution in [3.8, 4) is 0 Å². The Labute approximate surface area is 133 Å². The molecule has 2 aromatic heterocycles. The van der Waals surface area contributed by atoms with E-state index in [1.165, 1.54) is 4.88 Å². The first-order valence-electron chi connectivity index (χ1n) is 7.35. The number of hydrogen-bond donors (Lipinski definition) is 0. The van der Waals surface area contributed by atoms with Gasteiger partial charge in [-0.25, -0.2) is 0 Å². The monoisotopic (exact) mass is 320 g/mol. The van der Waals surface area contributed by atoms with E-state index in [0.29, 0.717) is 6.42 Å². The summed E-state index contributed by atoms with van der Waals surface area (Å²) < 4.78 is 0. The molecular weight excluding hydrogens is 300 g/mol. The van der Waals surface area contributed by atoms with Crippen LogP contribution < -0.4 is 0 Å². The highest BCUT2D eigenvalue weighted by atomic mass is 32.1. The normalized spacial score (nSPS) is 16.9. The number of carbonyl (C=O) groups is 1. The lowest BCUT2D eigenvalue weighted by atomic mass is 10.2. The van der Waals surface area contributed by atoms with E-state index in [9.17, 15) is 4.79 Å². The second-order valence-corrected chi connectivity index (χ2v) is 7.21. The minimum absolute atomic E-state index is 0.270. The van der Waals surface area contributed by atoms with Crippen molar-refractivity contribution in [3.63, 3.8) is 0 Å². The van der Waals surface area contributed by atoms with Gasteiger partial charge in [-0.2, -0.15) is 11.3 Å². The minimum Gasteiger partial charge on any atom is -0.341 e. The molecule has 0 radical (unpaired) electrons. The van der Waals surface area contributed by atoms with Crippen molar-refractivity contribution < 1.29 is 4.79 Å². The van der Waals surface area contributed by atoms with Gasteiger partial charge in [-0.05, 0) is 40.3 Å². The second-order valence-electron chi connectivity index (χ2n) is 5.40. The Kier molecular flexibility index (Phi) is 5.06. The summed E-state index contributed by atoms with van der Waals surface area (Å²) in [5.74, 6) is 0.270. The SMILES string of the molecule is O=C(Cc1ccsc1)N1CCCN(Cc2cccs2)CC1. The second kappa shape index (κ2) is 7.20. The van der Waals surface area contributed by atoms with Gasteiger partial charge in [0.15, 0.2) is 0 Å². The van der Waals surface area contributed by atoms with E-state index in [1.807, 2.05) is 27.7 Å². The van der Waals surface area contributed by atoms with Crippen molar-refractivity contribution in [2.24, 2.45) is 0 Å². The number of carbonyl (C=O) groups excluding carboxylic acids is 1. The highest BCUT2D eigenvalue weighted by Crippen LogP contribution is 2.15. The van der Waals surface area contributed by atoms with Crippen LogP contribution in [0.5, 0.6) is 0 Å². The third kappa shape index (κ3) is 4.15. The van der Waals surface area contributed by atoms with Gasteiger partial charge in [0, 0.05) is 37.6 Å². The van der Waals surface area contributed by atoms with Gasteiger partial charge in [-0.15, -0.1) is 11.3 Å². The predicted molar refractivity (Wildman–Crippen MR) is 88.8 cm³/mol. The maximum absolute atomic E-state index is 12.4. The van der Waals surface area contributed by atoms with Crippen molar-refractivity contribution in [1.29, 1.82) is 0 Å². The topological polar surface area (TPSA) is 23.6 Å². The third-order valence-electron chi connectivity index (χ3n) is 3.84. The number of hydrogen-bond acceptors (Lipinski definition) is 4. The Balaban J connectivity index is 1.51. The van der Waals surface area contributed by atoms with Crippen molar-refractivity contribution in [3.05, 3.63) is 44.8 Å². The molecule has 1 aliphatic rings. The Morgan fingerprint density at radius 2 is 2.10 bits per heavy atom. The van der Waals surface area contributed by atoms with E-state index in [1.54, 1.807) is 11.3 Å². The molecule has 5 heteroatoms. The largest absolute Gasteiger partial charge is 0.341 e. The van der Waals surface area contributed by atoms with Crippen LogP contribution in [0.2, 0.25) is 0 Å². The lowest BCUT2D eigenvalue weighted by Gasteiger charge is -2.21. The van der Waals surface area contributed by atoms with Gasteiger partial charge >= 0.3 is 0 Å². The number of nitrogens with zero attached hydrogens (tertiary/aromatic N) is 2. The maximum atomic E-state index is 12.4. The molecule has 21 heavy (non-hydrogen) atoms. The summed E-state index contributed by atoms with van der Waals surface area (Å²) in [6, 6.07) is 6.34. The van der Waals surface area contributed by atoms with Crippen molar-refractivity contribution in [2.45, 2.75) is 19.4 Å². The highest BCUT2D eigenvalue weighted by Gasteiger charge is 2.19. The molecule has 1 amide bonds. The Hall–Kier alpha value is -1.17. The smallest absolute Gasteiger partial charge is 0.227 e. The third-order valence-corrected chi connectivity index (χ3v) is 5.43. The fourth-order valence-electron chi connectivity index (χ4n) is 2.68. The van der Waals surface area contributed by atoms with Crippen LogP contribution in [0.4, 0.5) is 0 Å². The lowest BCUT2D eigenvalue weighted by molar-refractivity contribution is -0.130. The molecule has 0 saturated carbocycles. The molecule has 0 aliphatic carbocycles. The number of thiophene rings is 2. The first kappa shape index (κ1) is 14.8. The number of rotatable bonds is 4. The van der Waals surface area contributed by atoms with E-state index in [-0.39, 0.29) is 5.91 Å². The van der Waals surface area contributed by atoms with Gasteiger partial charge in [-0.1, -0.05) is 6.07 Å². The summed E-state index contributed by atoms with van der Waals surface area (Å²) in [7, 11) is 0. The van der Waals surface area contributed by atoms with Crippen LogP contribution in [0.1, 0.15) is 16.9 Å². The van der Waals surface area contributed by atoms with E-state index in [4.69, 9.17) is 0 Å². The van der Waals surface area contributed by atoms with Gasteiger partial charge in [0.25, 0.3) is 0 Å². The molecule has 1 fully saturated rings. The van der Waals surface area contributed by atoms with Crippen LogP contribution in [0.15, 0.2) is 34.3 Å². The summed E-state index contributed by atoms with van der Waals surface area (Å²) in [6.07, 6.45) is 1.62. The molecule has 0 unspecified atom stereocenters. The van der Waals surface area contributed by atoms with Gasteiger partial charge < -0.3 is 4.90 Å². The van der Waals surface area contributed by atoms with Crippen LogP contribution in [-0.4, -0.2) is 41.9 Å². The van der Waals surface area contributed by atoms with Crippen LogP contribution in [0.3, 0.4) is 0 Å². The van der Waals surface area contributed by atoms with Gasteiger partial charge in [0.05, 0.1) is 6.42 Å². The molecule has 3 rings (SSSR count). The van der Waals surface area contributed by atoms with Crippen LogP contribution in [0.25, 0.3) is 0 Å². The summed E-state index contributed by atoms with van der Waals surface area (Å²) >= 11 is 3.47. The van der Waals surface area contributed by atoms with Crippen molar-refractivity contribution in [1.82, 2.24) is 9.80 Å². The summed E-state index contributed by atoms with van der Waals surface area (Å²) in [4.78, 5) is 18.3. The van der Waals surface area contributed by atoms with E-state index in [0.717, 1.165) is 44.7 Å². The molecule has 0 atom stereocenters. The maximum Gasteiger partial charge on any atom is 0.227 e. The van der Waals surface area contributed by atoms with Crippen molar-refractivity contribution in [2.75, 3.05) is 26.2 Å². The van der Waals surface area contributed by atoms with Crippen LogP contribution in [-0.2, 0) is 17.8 Å². The average molecular weight is 320 g/mol. The molecule has 0 aromatic carbocycles. The molecule has 0 bridgehead atoms. The molecule has 2 aromatic rings. The summed E-state index contributed by atoms with van der Waals surface area (Å²) in [6.45, 7) is 4.83. The summed E-state index contributed by atoms with van der Waals surface area (Å²) in [5.41, 5.74) is 1.14. The Bertz CT molecular complexity index is 551. The van der Waals surface area contributed by atoms with Crippen molar-refractivity contribution >= 4 is 28.6 Å². The van der Waals surface area contributed by atoms with E-state index >= 15 is 0 Å². The molecule has 1 aliphatic heterocycles. The zero-order chi connectivity index (χ0) is 14.5. The summed E-state index contributed by atoms with van der Waals surface area (Å²) in [5, 5.41) is 6.23. The van der Waals surface area contributed by atoms with Gasteiger partial charge in [0.2, 0.25) is 5.91 Å². The molecule has 3 heterocycles. The zero-order valence-corrected chi connectivity index (χ0v) is 13.7. The van der Waals surface area contributed by atoms with Gasteiger partial charge in [0.1, 0.15) is 0 Å². The van der Waals surface area contributed by atoms with Crippen LogP contribution >= 0.6 is 22.7 Å². The minimum atomic E-state index is 0.270. The average Bonchev–Trinajstić information content (AvgIpc) is 3.11. The molecule has 3 nitrogen and oxygen atoms in total. The lowest BCUT2D eigenvalue weighted by Crippen LogP contribution is -2.35. The first-order chi connectivity index (χ1) is 10.3. The predicted octanol–water partition coefficient (Wildman–Crippen LogP) is 3.09. The van der Waals surface area contributed by atoms with E-state index in [2.05, 4.69) is 27.8 Å². The van der Waals surface area contributed by atoms with E-state index < -0.39 is 0 Å². The standard InChI is InChI=1S/C16H20N2OS2/c19-16(11-14-4-10-20-13-14)18-6-2-5-17(7-8-18)12-15-3-1-9-21-15/h1,3-4,9-10,13H,2,5-8,11-12H2.